The van der Waals surface area contributed by atoms with Crippen molar-refractivity contribution >= 4 is 34.9 Å². The Morgan fingerprint density at radius 2 is 1.93 bits per heavy atom. The van der Waals surface area contributed by atoms with E-state index in [2.05, 4.69) is 0 Å². The van der Waals surface area contributed by atoms with Crippen LogP contribution in [0.25, 0.3) is 0 Å². The van der Waals surface area contributed by atoms with Gasteiger partial charge in [-0.25, -0.2) is 4.79 Å². The van der Waals surface area contributed by atoms with E-state index in [1.54, 1.807) is 18.7 Å². The van der Waals surface area contributed by atoms with Crippen molar-refractivity contribution in [3.8, 4) is 0 Å². The summed E-state index contributed by atoms with van der Waals surface area (Å²) in [6.07, 6.45) is 0.345. The van der Waals surface area contributed by atoms with Crippen LogP contribution in [0.15, 0.2) is 41.8 Å². The minimum atomic E-state index is -0.580. The Kier molecular flexibility index (Phi) is 6.69. The smallest absolute Gasteiger partial charge is 0.344 e. The van der Waals surface area contributed by atoms with Gasteiger partial charge in [0.15, 0.2) is 6.61 Å². The van der Waals surface area contributed by atoms with Gasteiger partial charge in [0.05, 0.1) is 18.1 Å². The Morgan fingerprint density at radius 3 is 2.55 bits per heavy atom. The fraction of sp³-hybridized carbons (Fsp3) is 0.409. The predicted octanol–water partition coefficient (Wildman–Crippen LogP) is 4.04. The third-order valence-corrected chi connectivity index (χ3v) is 5.69. The molecule has 1 aliphatic rings. The molecule has 2 atom stereocenters. The van der Waals surface area contributed by atoms with E-state index in [0.717, 1.165) is 16.1 Å². The number of rotatable bonds is 6. The topological polar surface area (TPSA) is 72.9 Å². The first-order valence-electron chi connectivity index (χ1n) is 9.65. The van der Waals surface area contributed by atoms with E-state index >= 15 is 0 Å². The van der Waals surface area contributed by atoms with E-state index in [-0.39, 0.29) is 18.4 Å². The number of nitrogens with zero attached hydrogens (tertiary/aromatic N) is 1. The number of amides is 1. The number of carbonyl (C=O) groups is 3. The number of esters is 2. The Hall–Kier alpha value is -2.67. The fourth-order valence-corrected chi connectivity index (χ4v) is 4.35. The molecular formula is C22H25NO5S. The van der Waals surface area contributed by atoms with Crippen molar-refractivity contribution in [2.24, 2.45) is 5.92 Å². The van der Waals surface area contributed by atoms with Crippen molar-refractivity contribution in [1.82, 2.24) is 0 Å². The Balaban J connectivity index is 1.86. The quantitative estimate of drug-likeness (QED) is 0.666. The van der Waals surface area contributed by atoms with Gasteiger partial charge in [-0.1, -0.05) is 23.8 Å². The summed E-state index contributed by atoms with van der Waals surface area (Å²) >= 11 is 1.49. The molecule has 1 fully saturated rings. The molecule has 0 aliphatic carbocycles. The summed E-state index contributed by atoms with van der Waals surface area (Å²) in [6, 6.07) is 11.0. The molecule has 1 amide bonds. The third kappa shape index (κ3) is 5.03. The van der Waals surface area contributed by atoms with Crippen LogP contribution in [0.1, 0.15) is 43.2 Å². The van der Waals surface area contributed by atoms with Crippen molar-refractivity contribution in [1.29, 1.82) is 0 Å². The summed E-state index contributed by atoms with van der Waals surface area (Å²) in [5, 5.41) is 1.92. The van der Waals surface area contributed by atoms with Crippen LogP contribution in [-0.4, -0.2) is 30.6 Å². The highest BCUT2D eigenvalue weighted by molar-refractivity contribution is 7.10. The highest BCUT2D eigenvalue weighted by Gasteiger charge is 2.43. The van der Waals surface area contributed by atoms with Gasteiger partial charge < -0.3 is 14.4 Å². The Bertz CT molecular complexity index is 860. The fourth-order valence-electron chi connectivity index (χ4n) is 3.47. The molecule has 2 aromatic rings. The zero-order chi connectivity index (χ0) is 21.0. The lowest BCUT2D eigenvalue weighted by Gasteiger charge is -2.39. The minimum Gasteiger partial charge on any atom is -0.460 e. The average Bonchev–Trinajstić information content (AvgIpc) is 3.20. The SMILES string of the molecule is Cc1ccc(N2C(=O)CCC(C(=O)OCC(=O)OC(C)C)C2c2cccs2)cc1. The summed E-state index contributed by atoms with van der Waals surface area (Å²) in [6.45, 7) is 5.02. The zero-order valence-corrected chi connectivity index (χ0v) is 17.6. The molecule has 0 bridgehead atoms. The van der Waals surface area contributed by atoms with Gasteiger partial charge in [0.2, 0.25) is 5.91 Å². The normalized spacial score (nSPS) is 19.3. The molecule has 6 nitrogen and oxygen atoms in total. The van der Waals surface area contributed by atoms with Crippen LogP contribution in [0, 0.1) is 12.8 Å². The Morgan fingerprint density at radius 1 is 1.21 bits per heavy atom. The summed E-state index contributed by atoms with van der Waals surface area (Å²) in [4.78, 5) is 40.1. The largest absolute Gasteiger partial charge is 0.460 e. The van der Waals surface area contributed by atoms with Crippen molar-refractivity contribution in [2.45, 2.75) is 45.8 Å². The maximum atomic E-state index is 12.9. The standard InChI is InChI=1S/C22H25NO5S/c1-14(2)28-20(25)13-27-22(26)17-10-11-19(24)23(16-8-6-15(3)7-9-16)21(17)18-5-4-12-29-18/h4-9,12,14,17,21H,10-11,13H2,1-3H3. The number of aryl methyl sites for hydroxylation is 1. The molecule has 1 aliphatic heterocycles. The van der Waals surface area contributed by atoms with Gasteiger partial charge in [0, 0.05) is 17.0 Å². The second-order valence-electron chi connectivity index (χ2n) is 7.35. The molecule has 1 aromatic carbocycles. The molecule has 7 heteroatoms. The number of thiophene rings is 1. The van der Waals surface area contributed by atoms with Gasteiger partial charge in [-0.05, 0) is 50.8 Å². The molecule has 0 N–H and O–H groups in total. The lowest BCUT2D eigenvalue weighted by molar-refractivity contribution is -0.164. The molecule has 1 saturated heterocycles. The number of piperidine rings is 1. The highest BCUT2D eigenvalue weighted by atomic mass is 32.1. The van der Waals surface area contributed by atoms with Gasteiger partial charge in [0.1, 0.15) is 0 Å². The monoisotopic (exact) mass is 415 g/mol. The van der Waals surface area contributed by atoms with Crippen LogP contribution in [0.3, 0.4) is 0 Å². The number of benzene rings is 1. The lowest BCUT2D eigenvalue weighted by atomic mass is 9.87. The van der Waals surface area contributed by atoms with Crippen LogP contribution < -0.4 is 4.90 Å². The molecule has 29 heavy (non-hydrogen) atoms. The third-order valence-electron chi connectivity index (χ3n) is 4.75. The van der Waals surface area contributed by atoms with E-state index in [4.69, 9.17) is 9.47 Å². The first-order valence-corrected chi connectivity index (χ1v) is 10.5. The second-order valence-corrected chi connectivity index (χ2v) is 8.33. The molecular weight excluding hydrogens is 390 g/mol. The van der Waals surface area contributed by atoms with E-state index in [1.807, 2.05) is 48.7 Å². The molecule has 3 rings (SSSR count). The number of hydrogen-bond acceptors (Lipinski definition) is 6. The van der Waals surface area contributed by atoms with Gasteiger partial charge in [-0.2, -0.15) is 0 Å². The maximum Gasteiger partial charge on any atom is 0.344 e. The molecule has 2 unspecified atom stereocenters. The van der Waals surface area contributed by atoms with Crippen molar-refractivity contribution in [3.63, 3.8) is 0 Å². The van der Waals surface area contributed by atoms with Crippen LogP contribution in [0.4, 0.5) is 5.69 Å². The van der Waals surface area contributed by atoms with Crippen LogP contribution in [0.2, 0.25) is 0 Å². The van der Waals surface area contributed by atoms with Gasteiger partial charge in [0.25, 0.3) is 0 Å². The molecule has 2 heterocycles. The van der Waals surface area contributed by atoms with E-state index in [1.165, 1.54) is 11.3 Å². The maximum absolute atomic E-state index is 12.9. The van der Waals surface area contributed by atoms with Gasteiger partial charge in [-0.3, -0.25) is 9.59 Å². The van der Waals surface area contributed by atoms with E-state index in [9.17, 15) is 14.4 Å². The van der Waals surface area contributed by atoms with Crippen LogP contribution in [-0.2, 0) is 23.9 Å². The van der Waals surface area contributed by atoms with Crippen LogP contribution >= 0.6 is 11.3 Å². The molecule has 0 spiro atoms. The van der Waals surface area contributed by atoms with Crippen LogP contribution in [0.5, 0.6) is 0 Å². The van der Waals surface area contributed by atoms with Gasteiger partial charge >= 0.3 is 11.9 Å². The molecule has 0 saturated carbocycles. The highest BCUT2D eigenvalue weighted by Crippen LogP contribution is 2.42. The summed E-state index contributed by atoms with van der Waals surface area (Å²) in [5.41, 5.74) is 1.83. The van der Waals surface area contributed by atoms with Crippen molar-refractivity contribution in [3.05, 3.63) is 52.2 Å². The van der Waals surface area contributed by atoms with Crippen molar-refractivity contribution in [2.75, 3.05) is 11.5 Å². The number of ether oxygens (including phenoxy) is 2. The van der Waals surface area contributed by atoms with E-state index in [0.29, 0.717) is 6.42 Å². The second kappa shape index (κ2) is 9.22. The summed E-state index contributed by atoms with van der Waals surface area (Å²) < 4.78 is 10.3. The van der Waals surface area contributed by atoms with Crippen molar-refractivity contribution < 1.29 is 23.9 Å². The Labute approximate surface area is 174 Å². The molecule has 1 aromatic heterocycles. The number of carbonyl (C=O) groups excluding carboxylic acids is 3. The molecule has 154 valence electrons. The lowest BCUT2D eigenvalue weighted by Crippen LogP contribution is -2.46. The minimum absolute atomic E-state index is 0.0319. The molecule has 0 radical (unpaired) electrons. The zero-order valence-electron chi connectivity index (χ0n) is 16.8. The average molecular weight is 416 g/mol. The first-order chi connectivity index (χ1) is 13.9. The van der Waals surface area contributed by atoms with E-state index < -0.39 is 30.5 Å². The first kappa shape index (κ1) is 21.0. The number of hydrogen-bond donors (Lipinski definition) is 0. The summed E-state index contributed by atoms with van der Waals surface area (Å²) in [5.74, 6) is -1.66. The predicted molar refractivity (Wildman–Crippen MR) is 111 cm³/mol. The van der Waals surface area contributed by atoms with Gasteiger partial charge in [-0.15, -0.1) is 11.3 Å². The number of anilines is 1. The summed E-state index contributed by atoms with van der Waals surface area (Å²) in [7, 11) is 0.